The Morgan fingerprint density at radius 2 is 1.10 bits per heavy atom. The molecule has 0 saturated heterocycles. The van der Waals surface area contributed by atoms with E-state index in [2.05, 4.69) is 114 Å². The number of hydrogen-bond donors (Lipinski definition) is 0. The number of rotatable bonds is 6. The van der Waals surface area contributed by atoms with Crippen LogP contribution in [0.4, 0.5) is 5.69 Å². The highest BCUT2D eigenvalue weighted by atomic mass is 15.0. The van der Waals surface area contributed by atoms with Gasteiger partial charge in [-0.05, 0) is 75.8 Å². The summed E-state index contributed by atoms with van der Waals surface area (Å²) in [5.41, 5.74) is 15.0. The van der Waals surface area contributed by atoms with Crippen LogP contribution in [-0.2, 0) is 5.41 Å². The molecule has 1 aliphatic carbocycles. The third-order valence-electron chi connectivity index (χ3n) is 12.2. The van der Waals surface area contributed by atoms with E-state index in [1.807, 2.05) is 97.1 Å². The molecule has 290 valence electrons. The van der Waals surface area contributed by atoms with Crippen LogP contribution in [0, 0.1) is 17.9 Å². The number of fused-ring (bicyclic) bond motifs is 7. The summed E-state index contributed by atoms with van der Waals surface area (Å²) in [5.74, 6) is 1.62. The van der Waals surface area contributed by atoms with Gasteiger partial charge in [0, 0.05) is 44.0 Å². The zero-order valence-electron chi connectivity index (χ0n) is 34.0. The molecule has 8 aromatic carbocycles. The van der Waals surface area contributed by atoms with Crippen molar-refractivity contribution in [2.45, 2.75) is 19.3 Å². The van der Waals surface area contributed by atoms with E-state index in [0.717, 1.165) is 61.1 Å². The van der Waals surface area contributed by atoms with Crippen LogP contribution in [0.1, 0.15) is 30.5 Å². The van der Waals surface area contributed by atoms with Gasteiger partial charge in [-0.3, -0.25) is 0 Å². The monoisotopic (exact) mass is 792 g/mol. The number of nitriles is 1. The molecule has 0 fully saturated rings. The smallest absolute Gasteiger partial charge is 0.187 e. The first-order chi connectivity index (χ1) is 30.4. The maximum Gasteiger partial charge on any atom is 0.187 e. The lowest BCUT2D eigenvalue weighted by Crippen LogP contribution is -2.15. The summed E-state index contributed by atoms with van der Waals surface area (Å²) in [6.45, 7) is 12.7. The molecule has 10 aromatic rings. The van der Waals surface area contributed by atoms with Gasteiger partial charge in [-0.1, -0.05) is 153 Å². The number of benzene rings is 8. The highest BCUT2D eigenvalue weighted by Crippen LogP contribution is 2.54. The fraction of sp³-hybridized carbons (Fsp3) is 0.0536. The van der Waals surface area contributed by atoms with Gasteiger partial charge in [-0.15, -0.1) is 0 Å². The van der Waals surface area contributed by atoms with Crippen molar-refractivity contribution in [2.24, 2.45) is 0 Å². The molecule has 1 aliphatic rings. The average Bonchev–Trinajstić information content (AvgIpc) is 3.79. The lowest BCUT2D eigenvalue weighted by molar-refractivity contribution is 0.666. The van der Waals surface area contributed by atoms with Gasteiger partial charge in [0.05, 0.1) is 34.9 Å². The van der Waals surface area contributed by atoms with E-state index in [1.165, 1.54) is 27.6 Å². The molecule has 0 unspecified atom stereocenters. The van der Waals surface area contributed by atoms with Crippen molar-refractivity contribution in [3.05, 3.63) is 210 Å². The fourth-order valence-corrected chi connectivity index (χ4v) is 9.45. The quantitative estimate of drug-likeness (QED) is 0.157. The second kappa shape index (κ2) is 14.4. The molecule has 0 spiro atoms. The molecule has 2 aromatic heterocycles. The first kappa shape index (κ1) is 36.6. The zero-order valence-corrected chi connectivity index (χ0v) is 34.0. The molecule has 62 heavy (non-hydrogen) atoms. The van der Waals surface area contributed by atoms with Crippen LogP contribution < -0.4 is 0 Å². The maximum absolute atomic E-state index is 10.2. The van der Waals surface area contributed by atoms with E-state index >= 15 is 0 Å². The second-order valence-electron chi connectivity index (χ2n) is 16.2. The summed E-state index contributed by atoms with van der Waals surface area (Å²) in [5, 5.41) is 12.6. The lowest BCUT2D eigenvalue weighted by atomic mass is 9.80. The minimum absolute atomic E-state index is 0.257. The topological polar surface area (TPSA) is 71.8 Å². The predicted octanol–water partition coefficient (Wildman–Crippen LogP) is 14.0. The van der Waals surface area contributed by atoms with E-state index in [1.54, 1.807) is 0 Å². The molecule has 0 atom stereocenters. The average molecular weight is 793 g/mol. The predicted molar refractivity (Wildman–Crippen MR) is 250 cm³/mol. The molecule has 0 bridgehead atoms. The highest BCUT2D eigenvalue weighted by molar-refractivity contribution is 6.15. The minimum atomic E-state index is -0.257. The Bertz CT molecular complexity index is 3380. The summed E-state index contributed by atoms with van der Waals surface area (Å²) in [6, 6.07) is 64.2. The molecule has 6 nitrogen and oxygen atoms in total. The Morgan fingerprint density at radius 3 is 1.77 bits per heavy atom. The van der Waals surface area contributed by atoms with E-state index in [9.17, 15) is 5.26 Å². The normalized spacial score (nSPS) is 12.5. The van der Waals surface area contributed by atoms with Crippen molar-refractivity contribution in [1.29, 1.82) is 5.26 Å². The lowest BCUT2D eigenvalue weighted by Gasteiger charge is -2.23. The Kier molecular flexibility index (Phi) is 8.49. The van der Waals surface area contributed by atoms with Gasteiger partial charge >= 0.3 is 0 Å². The van der Waals surface area contributed by atoms with Crippen molar-refractivity contribution in [2.75, 3.05) is 0 Å². The number of para-hydroxylation sites is 1. The SMILES string of the molecule is [C-]#[N+]c1cccc(-c2cc(-c3nc(-c4ccccc4)nc(-c4ccccc4)n3)cc(-c3cccc(C#N)c3)c2-n2c3ccccc3c3c4c(ccc32)-c2ccccc2C4(C)C)c1. The van der Waals surface area contributed by atoms with Crippen molar-refractivity contribution in [3.63, 3.8) is 0 Å². The first-order valence-corrected chi connectivity index (χ1v) is 20.6. The molecular weight excluding hydrogens is 757 g/mol. The summed E-state index contributed by atoms with van der Waals surface area (Å²) in [6.07, 6.45) is 0. The number of hydrogen-bond acceptors (Lipinski definition) is 4. The van der Waals surface area contributed by atoms with Crippen molar-refractivity contribution >= 4 is 27.5 Å². The van der Waals surface area contributed by atoms with Crippen LogP contribution in [0.15, 0.2) is 182 Å². The third kappa shape index (κ3) is 5.81. The Morgan fingerprint density at radius 1 is 0.516 bits per heavy atom. The van der Waals surface area contributed by atoms with Gasteiger partial charge in [-0.25, -0.2) is 19.8 Å². The van der Waals surface area contributed by atoms with E-state index in [0.29, 0.717) is 28.7 Å². The van der Waals surface area contributed by atoms with Crippen LogP contribution in [0.3, 0.4) is 0 Å². The second-order valence-corrected chi connectivity index (χ2v) is 16.2. The van der Waals surface area contributed by atoms with Crippen LogP contribution in [0.5, 0.6) is 0 Å². The van der Waals surface area contributed by atoms with Crippen LogP contribution >= 0.6 is 0 Å². The van der Waals surface area contributed by atoms with Crippen molar-refractivity contribution in [3.8, 4) is 79.3 Å². The zero-order chi connectivity index (χ0) is 42.0. The van der Waals surface area contributed by atoms with Gasteiger partial charge in [-0.2, -0.15) is 5.26 Å². The van der Waals surface area contributed by atoms with Crippen molar-refractivity contribution in [1.82, 2.24) is 19.5 Å². The van der Waals surface area contributed by atoms with E-state index in [-0.39, 0.29) is 5.41 Å². The Balaban J connectivity index is 1.29. The van der Waals surface area contributed by atoms with Crippen LogP contribution in [0.2, 0.25) is 0 Å². The summed E-state index contributed by atoms with van der Waals surface area (Å²) < 4.78 is 2.39. The molecule has 11 rings (SSSR count). The minimum Gasteiger partial charge on any atom is -0.308 e. The first-order valence-electron chi connectivity index (χ1n) is 20.6. The molecule has 6 heteroatoms. The molecule has 0 N–H and O–H groups in total. The van der Waals surface area contributed by atoms with E-state index < -0.39 is 0 Å². The van der Waals surface area contributed by atoms with Crippen molar-refractivity contribution < 1.29 is 0 Å². The molecule has 0 radical (unpaired) electrons. The molecular formula is C56H36N6. The van der Waals surface area contributed by atoms with E-state index in [4.69, 9.17) is 21.5 Å². The molecule has 0 saturated carbocycles. The molecule has 0 amide bonds. The third-order valence-corrected chi connectivity index (χ3v) is 12.2. The standard InChI is InChI=1S/C56H36N6/c1-56(2)47-26-12-10-24-42(47)43-28-29-49-50(51(43)56)44-25-11-13-27-48(44)62(49)52-45(38-21-14-16-35(30-38)34-57)32-40(33-46(52)39-22-15-23-41(31-39)58-3)55-60-53(36-17-6-4-7-18-36)59-54(61-55)37-19-8-5-9-20-37/h4-33H,1-2H3. The summed E-state index contributed by atoms with van der Waals surface area (Å²) >= 11 is 0. The molecule has 2 heterocycles. The van der Waals surface area contributed by atoms with Gasteiger partial charge in [0.15, 0.2) is 23.2 Å². The van der Waals surface area contributed by atoms with Gasteiger partial charge in [0.25, 0.3) is 0 Å². The maximum atomic E-state index is 10.2. The largest absolute Gasteiger partial charge is 0.308 e. The Labute approximate surface area is 359 Å². The number of nitrogens with zero attached hydrogens (tertiary/aromatic N) is 6. The number of aromatic nitrogens is 4. The summed E-state index contributed by atoms with van der Waals surface area (Å²) in [4.78, 5) is 19.2. The fourth-order valence-electron chi connectivity index (χ4n) is 9.45. The van der Waals surface area contributed by atoms with Gasteiger partial charge < -0.3 is 4.57 Å². The summed E-state index contributed by atoms with van der Waals surface area (Å²) in [7, 11) is 0. The van der Waals surface area contributed by atoms with Crippen LogP contribution in [0.25, 0.3) is 99.9 Å². The Hall–Kier alpha value is -8.45. The van der Waals surface area contributed by atoms with Gasteiger partial charge in [0.2, 0.25) is 0 Å². The van der Waals surface area contributed by atoms with Gasteiger partial charge in [0.1, 0.15) is 0 Å². The van der Waals surface area contributed by atoms with Crippen LogP contribution in [-0.4, -0.2) is 19.5 Å². The highest BCUT2D eigenvalue weighted by Gasteiger charge is 2.38. The molecule has 0 aliphatic heterocycles.